The minimum absolute atomic E-state index is 0. The minimum Gasteiger partial charge on any atom is -0.778 e. The minimum atomic E-state index is -3.64. The van der Waals surface area contributed by atoms with Gasteiger partial charge < -0.3 is 28.0 Å². The van der Waals surface area contributed by atoms with Gasteiger partial charge in [-0.05, 0) is 128 Å². The molecule has 0 aromatic rings. The van der Waals surface area contributed by atoms with Crippen molar-refractivity contribution in [2.24, 2.45) is 0 Å². The van der Waals surface area contributed by atoms with Crippen LogP contribution < -0.4 is 9.79 Å². The summed E-state index contributed by atoms with van der Waals surface area (Å²) in [5.74, 6) is 0. The molecule has 0 spiro atoms. The van der Waals surface area contributed by atoms with Crippen molar-refractivity contribution in [3.63, 3.8) is 0 Å². The Balaban J connectivity index is -0.00000148. The molecule has 0 bridgehead atoms. The summed E-state index contributed by atoms with van der Waals surface area (Å²) < 4.78 is 34.8. The molecule has 81 heavy (non-hydrogen) atoms. The molecular weight excluding hydrogens is 1080 g/mol. The molecular formula is C72H140NiO6P2. The van der Waals surface area contributed by atoms with Gasteiger partial charge in [0.25, 0.3) is 0 Å². The van der Waals surface area contributed by atoms with E-state index in [1.807, 2.05) is 0 Å². The monoisotopic (exact) mass is 1220 g/mol. The zero-order chi connectivity index (χ0) is 58.5. The van der Waals surface area contributed by atoms with Crippen molar-refractivity contribution in [1.29, 1.82) is 0 Å². The molecule has 0 N–H and O–H groups in total. The van der Waals surface area contributed by atoms with Crippen molar-refractivity contribution in [3.05, 3.63) is 48.6 Å². The molecule has 2 unspecified atom stereocenters. The molecule has 0 aliphatic carbocycles. The Bertz CT molecular complexity index is 1280. The van der Waals surface area contributed by atoms with E-state index < -0.39 is 15.2 Å². The van der Waals surface area contributed by atoms with Crippen LogP contribution in [0.1, 0.15) is 387 Å². The van der Waals surface area contributed by atoms with Gasteiger partial charge >= 0.3 is 16.5 Å². The summed E-state index contributed by atoms with van der Waals surface area (Å²) in [6.07, 6.45) is 89.0. The number of unbranched alkanes of at least 4 members (excludes halogenated alkanes) is 48. The van der Waals surface area contributed by atoms with E-state index in [4.69, 9.17) is 9.05 Å². The molecule has 0 rings (SSSR count). The summed E-state index contributed by atoms with van der Waals surface area (Å²) in [5, 5.41) is 0. The molecule has 9 heteroatoms. The molecule has 0 aliphatic heterocycles. The Labute approximate surface area is 518 Å². The van der Waals surface area contributed by atoms with E-state index in [0.29, 0.717) is 13.2 Å². The molecule has 0 saturated carbocycles. The van der Waals surface area contributed by atoms with Gasteiger partial charge in [0.2, 0.25) is 0 Å². The Hall–Kier alpha value is -0.246. The first-order chi connectivity index (χ1) is 39.2. The molecule has 0 radical (unpaired) electrons. The first-order valence-electron chi connectivity index (χ1n) is 35.7. The molecule has 484 valence electrons. The number of rotatable bonds is 66. The number of allylic oxidation sites excluding steroid dienone is 8. The molecule has 0 aromatic heterocycles. The van der Waals surface area contributed by atoms with E-state index in [9.17, 15) is 18.9 Å². The molecule has 0 amide bonds. The normalized spacial score (nSPS) is 13.4. The van der Waals surface area contributed by atoms with Gasteiger partial charge in [0.1, 0.15) is 15.2 Å². The van der Waals surface area contributed by atoms with Gasteiger partial charge in [-0.2, -0.15) is 0 Å². The smallest absolute Gasteiger partial charge is 0.778 e. The van der Waals surface area contributed by atoms with Crippen LogP contribution in [0.3, 0.4) is 0 Å². The molecule has 0 saturated heterocycles. The van der Waals surface area contributed by atoms with Crippen molar-refractivity contribution >= 4 is 15.2 Å². The Morgan fingerprint density at radius 2 is 0.383 bits per heavy atom. The maximum absolute atomic E-state index is 12.1. The largest absolute Gasteiger partial charge is 2.00 e. The quantitative estimate of drug-likeness (QED) is 0.0260. The van der Waals surface area contributed by atoms with Gasteiger partial charge in [-0.3, -0.25) is 0 Å². The van der Waals surface area contributed by atoms with Crippen molar-refractivity contribution < 1.29 is 44.5 Å². The van der Waals surface area contributed by atoms with Crippen molar-refractivity contribution in [3.8, 4) is 0 Å². The fourth-order valence-corrected chi connectivity index (χ4v) is 12.6. The van der Waals surface area contributed by atoms with E-state index >= 15 is 0 Å². The third-order valence-electron chi connectivity index (χ3n) is 15.8. The molecule has 6 nitrogen and oxygen atoms in total. The van der Waals surface area contributed by atoms with Gasteiger partial charge in [0.15, 0.2) is 0 Å². The standard InChI is InChI=1S/2C36H71O3P.Ni/c2*1-3-5-7-9-11-13-15-17-19-21-23-25-27-29-31-33-35-39-40(37,38)36-34-32-30-28-26-24-22-20-18-16-14-12-10-8-6-4-2;/h2*17-20H,3-16,21-36H2,1-2H3,(H,37,38);/q;;+2/p-2/b2*19-17-,20-18-;. The van der Waals surface area contributed by atoms with Crippen LogP contribution in [0.15, 0.2) is 48.6 Å². The zero-order valence-electron chi connectivity index (χ0n) is 54.7. The van der Waals surface area contributed by atoms with Crippen molar-refractivity contribution in [1.82, 2.24) is 0 Å². The van der Waals surface area contributed by atoms with E-state index in [1.54, 1.807) is 0 Å². The van der Waals surface area contributed by atoms with Crippen LogP contribution in [-0.4, -0.2) is 25.5 Å². The second-order valence-corrected chi connectivity index (χ2v) is 27.9. The van der Waals surface area contributed by atoms with Crippen LogP contribution in [0.2, 0.25) is 0 Å². The average molecular weight is 1220 g/mol. The van der Waals surface area contributed by atoms with E-state index in [-0.39, 0.29) is 28.8 Å². The summed E-state index contributed by atoms with van der Waals surface area (Å²) in [5.41, 5.74) is 0. The van der Waals surface area contributed by atoms with Crippen LogP contribution in [0.25, 0.3) is 0 Å². The van der Waals surface area contributed by atoms with Crippen LogP contribution in [0.5, 0.6) is 0 Å². The average Bonchev–Trinajstić information content (AvgIpc) is 3.44. The van der Waals surface area contributed by atoms with Crippen LogP contribution >= 0.6 is 15.2 Å². The summed E-state index contributed by atoms with van der Waals surface area (Å²) in [6.45, 7) is 9.82. The molecule has 0 aliphatic rings. The van der Waals surface area contributed by atoms with E-state index in [0.717, 1.165) is 64.2 Å². The molecule has 0 aromatic carbocycles. The van der Waals surface area contributed by atoms with Gasteiger partial charge in [0, 0.05) is 12.3 Å². The van der Waals surface area contributed by atoms with Gasteiger partial charge in [-0.15, -0.1) is 0 Å². The Morgan fingerprint density at radius 1 is 0.235 bits per heavy atom. The van der Waals surface area contributed by atoms with Crippen LogP contribution in [0.4, 0.5) is 0 Å². The summed E-state index contributed by atoms with van der Waals surface area (Å²) in [4.78, 5) is 24.3. The van der Waals surface area contributed by atoms with Crippen molar-refractivity contribution in [2.75, 3.05) is 25.5 Å². The van der Waals surface area contributed by atoms with E-state index in [1.165, 1.54) is 295 Å². The van der Waals surface area contributed by atoms with Gasteiger partial charge in [-0.1, -0.05) is 307 Å². The van der Waals surface area contributed by atoms with Gasteiger partial charge in [-0.25, -0.2) is 0 Å². The first kappa shape index (κ1) is 85.0. The Morgan fingerprint density at radius 3 is 0.568 bits per heavy atom. The van der Waals surface area contributed by atoms with Crippen LogP contribution in [-0.2, 0) is 34.7 Å². The third kappa shape index (κ3) is 79.8. The maximum atomic E-state index is 12.1. The zero-order valence-corrected chi connectivity index (χ0v) is 57.5. The molecule has 0 heterocycles. The fourth-order valence-electron chi connectivity index (χ4n) is 10.3. The summed E-state index contributed by atoms with van der Waals surface area (Å²) in [6, 6.07) is 0. The first-order valence-corrected chi connectivity index (χ1v) is 39.2. The predicted molar refractivity (Wildman–Crippen MR) is 355 cm³/mol. The van der Waals surface area contributed by atoms with Crippen LogP contribution in [0, 0.1) is 0 Å². The second kappa shape index (κ2) is 74.0. The van der Waals surface area contributed by atoms with Gasteiger partial charge in [0.05, 0.1) is 13.2 Å². The molecule has 2 atom stereocenters. The topological polar surface area (TPSA) is 98.7 Å². The Kier molecular flexibility index (Phi) is 77.6. The fraction of sp³-hybridized carbons (Fsp3) is 0.889. The number of hydrogen-bond acceptors (Lipinski definition) is 6. The van der Waals surface area contributed by atoms with Crippen molar-refractivity contribution in [2.45, 2.75) is 387 Å². The predicted octanol–water partition coefficient (Wildman–Crippen LogP) is 25.3. The summed E-state index contributed by atoms with van der Waals surface area (Å²) >= 11 is 0. The second-order valence-electron chi connectivity index (χ2n) is 24.1. The molecule has 0 fully saturated rings. The SMILES string of the molecule is CCCCCCCC/C=C\CCCCCCCCOP(=O)([O-])CCCCCCCC/C=C\CCCCCCCC.CCCCCCCC/C=C\CCCCCCCCOP(=O)([O-])CCCCCCCC/C=C\CCCCCCCC.[Ni+2]. The number of hydrogen-bond donors (Lipinski definition) is 0. The summed E-state index contributed by atoms with van der Waals surface area (Å²) in [7, 11) is -7.27. The maximum Gasteiger partial charge on any atom is 2.00 e. The van der Waals surface area contributed by atoms with E-state index in [2.05, 4.69) is 76.3 Å². The third-order valence-corrected chi connectivity index (χ3v) is 18.7.